The number of amides is 2. The van der Waals surface area contributed by atoms with Gasteiger partial charge in [-0.15, -0.1) is 0 Å². The van der Waals surface area contributed by atoms with E-state index in [1.54, 1.807) is 0 Å². The molecule has 5 heteroatoms. The van der Waals surface area contributed by atoms with Crippen molar-refractivity contribution in [1.29, 1.82) is 0 Å². The number of nitrogens with one attached hydrogen (secondary N) is 1. The van der Waals surface area contributed by atoms with Gasteiger partial charge in [-0.05, 0) is 61.5 Å². The van der Waals surface area contributed by atoms with Crippen LogP contribution in [0.2, 0.25) is 0 Å². The SMILES string of the molecule is Cc1ccccc1C1CC2(CCN(C(=O)[C@@H]3CCOC(=O)NC3)CC2)C1. The summed E-state index contributed by atoms with van der Waals surface area (Å²) in [6, 6.07) is 8.73. The normalized spacial score (nSPS) is 25.8. The van der Waals surface area contributed by atoms with E-state index in [1.165, 1.54) is 24.0 Å². The number of benzene rings is 1. The standard InChI is InChI=1S/C21H28N2O3/c1-15-4-2-3-5-18(15)17-12-21(13-17)7-9-23(10-8-21)19(24)16-6-11-26-20(25)22-14-16/h2-5,16-17H,6-14H2,1H3,(H,22,25)/t16-/m1/s1. The maximum atomic E-state index is 12.8. The third kappa shape index (κ3) is 3.31. The van der Waals surface area contributed by atoms with Gasteiger partial charge in [0.15, 0.2) is 0 Å². The summed E-state index contributed by atoms with van der Waals surface area (Å²) in [6.45, 7) is 4.64. The highest BCUT2D eigenvalue weighted by Crippen LogP contribution is 2.57. The molecule has 1 aromatic rings. The number of ether oxygens (including phenoxy) is 1. The number of cyclic esters (lactones) is 1. The molecule has 0 radical (unpaired) electrons. The Morgan fingerprint density at radius 1 is 1.23 bits per heavy atom. The predicted octanol–water partition coefficient (Wildman–Crippen LogP) is 3.23. The molecule has 3 aliphatic rings. The van der Waals surface area contributed by atoms with Crippen LogP contribution in [0.4, 0.5) is 4.79 Å². The van der Waals surface area contributed by atoms with E-state index in [2.05, 4.69) is 36.5 Å². The van der Waals surface area contributed by atoms with Gasteiger partial charge in [0.25, 0.3) is 0 Å². The molecule has 26 heavy (non-hydrogen) atoms. The molecular formula is C21H28N2O3. The summed E-state index contributed by atoms with van der Waals surface area (Å²) in [5.74, 6) is 0.727. The Kier molecular flexibility index (Phi) is 4.63. The van der Waals surface area contributed by atoms with Crippen molar-refractivity contribution in [3.63, 3.8) is 0 Å². The molecule has 2 heterocycles. The lowest BCUT2D eigenvalue weighted by atomic mass is 9.55. The van der Waals surface area contributed by atoms with Gasteiger partial charge in [0.05, 0.1) is 12.5 Å². The van der Waals surface area contributed by atoms with Gasteiger partial charge < -0.3 is 15.0 Å². The van der Waals surface area contributed by atoms with Crippen molar-refractivity contribution in [1.82, 2.24) is 10.2 Å². The molecule has 1 spiro atoms. The Labute approximate surface area is 155 Å². The van der Waals surface area contributed by atoms with Crippen molar-refractivity contribution in [2.24, 2.45) is 11.3 Å². The van der Waals surface area contributed by atoms with Gasteiger partial charge >= 0.3 is 6.09 Å². The summed E-state index contributed by atoms with van der Waals surface area (Å²) in [4.78, 5) is 26.1. The van der Waals surface area contributed by atoms with Crippen LogP contribution in [0.1, 0.15) is 49.1 Å². The molecule has 1 atom stereocenters. The number of aryl methyl sites for hydroxylation is 1. The lowest BCUT2D eigenvalue weighted by Gasteiger charge is -2.53. The second kappa shape index (κ2) is 6.93. The van der Waals surface area contributed by atoms with Crippen molar-refractivity contribution in [2.45, 2.75) is 44.9 Å². The molecule has 2 aliphatic heterocycles. The van der Waals surface area contributed by atoms with Gasteiger partial charge in [0.1, 0.15) is 0 Å². The Morgan fingerprint density at radius 3 is 2.69 bits per heavy atom. The molecule has 4 rings (SSSR count). The number of carbonyl (C=O) groups is 2. The van der Waals surface area contributed by atoms with E-state index in [0.29, 0.717) is 30.9 Å². The molecule has 1 aliphatic carbocycles. The molecule has 1 aromatic carbocycles. The van der Waals surface area contributed by atoms with E-state index in [4.69, 9.17) is 4.74 Å². The fourth-order valence-electron chi connectivity index (χ4n) is 4.98. The molecule has 0 aromatic heterocycles. The van der Waals surface area contributed by atoms with E-state index in [-0.39, 0.29) is 11.8 Å². The lowest BCUT2D eigenvalue weighted by molar-refractivity contribution is -0.139. The molecular weight excluding hydrogens is 328 g/mol. The van der Waals surface area contributed by atoms with Crippen molar-refractivity contribution in [3.05, 3.63) is 35.4 Å². The van der Waals surface area contributed by atoms with Crippen LogP contribution >= 0.6 is 0 Å². The van der Waals surface area contributed by atoms with E-state index >= 15 is 0 Å². The number of hydrogen-bond donors (Lipinski definition) is 1. The number of rotatable bonds is 2. The molecule has 140 valence electrons. The quantitative estimate of drug-likeness (QED) is 0.885. The van der Waals surface area contributed by atoms with Gasteiger partial charge in [-0.3, -0.25) is 4.79 Å². The Morgan fingerprint density at radius 2 is 1.96 bits per heavy atom. The van der Waals surface area contributed by atoms with Gasteiger partial charge in [-0.25, -0.2) is 4.79 Å². The van der Waals surface area contributed by atoms with Gasteiger partial charge in [0.2, 0.25) is 5.91 Å². The number of piperidine rings is 1. The Balaban J connectivity index is 1.30. The summed E-state index contributed by atoms with van der Waals surface area (Å²) in [5.41, 5.74) is 3.34. The first-order valence-corrected chi connectivity index (χ1v) is 9.81. The number of nitrogens with zero attached hydrogens (tertiary/aromatic N) is 1. The predicted molar refractivity (Wildman–Crippen MR) is 98.9 cm³/mol. The first kappa shape index (κ1) is 17.4. The monoisotopic (exact) mass is 356 g/mol. The van der Waals surface area contributed by atoms with Crippen LogP contribution in [0.3, 0.4) is 0 Å². The lowest BCUT2D eigenvalue weighted by Crippen LogP contribution is -2.50. The zero-order chi connectivity index (χ0) is 18.1. The van der Waals surface area contributed by atoms with E-state index in [9.17, 15) is 9.59 Å². The molecule has 1 saturated carbocycles. The van der Waals surface area contributed by atoms with Crippen LogP contribution in [0.15, 0.2) is 24.3 Å². The zero-order valence-electron chi connectivity index (χ0n) is 15.5. The average molecular weight is 356 g/mol. The molecule has 0 unspecified atom stereocenters. The fraction of sp³-hybridized carbons (Fsp3) is 0.619. The average Bonchev–Trinajstić information content (AvgIpc) is 2.84. The molecule has 3 fully saturated rings. The summed E-state index contributed by atoms with van der Waals surface area (Å²) >= 11 is 0. The van der Waals surface area contributed by atoms with Gasteiger partial charge in [0, 0.05) is 19.6 Å². The second-order valence-electron chi connectivity index (χ2n) is 8.29. The topological polar surface area (TPSA) is 58.6 Å². The third-order valence-corrected chi connectivity index (χ3v) is 6.66. The van der Waals surface area contributed by atoms with Crippen LogP contribution in [-0.4, -0.2) is 43.1 Å². The third-order valence-electron chi connectivity index (χ3n) is 6.66. The Hall–Kier alpha value is -2.04. The van der Waals surface area contributed by atoms with Gasteiger partial charge in [-0.1, -0.05) is 24.3 Å². The molecule has 5 nitrogen and oxygen atoms in total. The van der Waals surface area contributed by atoms with Crippen molar-refractivity contribution < 1.29 is 14.3 Å². The summed E-state index contributed by atoms with van der Waals surface area (Å²) < 4.78 is 4.97. The van der Waals surface area contributed by atoms with Crippen LogP contribution in [-0.2, 0) is 9.53 Å². The largest absolute Gasteiger partial charge is 0.450 e. The van der Waals surface area contributed by atoms with Crippen LogP contribution in [0, 0.1) is 18.3 Å². The number of likely N-dealkylation sites (tertiary alicyclic amines) is 1. The molecule has 2 amide bonds. The number of alkyl carbamates (subject to hydrolysis) is 1. The summed E-state index contributed by atoms with van der Waals surface area (Å²) in [6.07, 6.45) is 4.94. The number of carbonyl (C=O) groups excluding carboxylic acids is 2. The summed E-state index contributed by atoms with van der Waals surface area (Å²) in [7, 11) is 0. The van der Waals surface area contributed by atoms with Gasteiger partial charge in [-0.2, -0.15) is 0 Å². The van der Waals surface area contributed by atoms with E-state index < -0.39 is 6.09 Å². The van der Waals surface area contributed by atoms with Crippen molar-refractivity contribution in [3.8, 4) is 0 Å². The van der Waals surface area contributed by atoms with Crippen LogP contribution in [0.25, 0.3) is 0 Å². The maximum absolute atomic E-state index is 12.8. The number of hydrogen-bond acceptors (Lipinski definition) is 3. The highest BCUT2D eigenvalue weighted by atomic mass is 16.5. The Bertz CT molecular complexity index is 686. The zero-order valence-corrected chi connectivity index (χ0v) is 15.5. The first-order chi connectivity index (χ1) is 12.6. The molecule has 0 bridgehead atoms. The fourth-order valence-corrected chi connectivity index (χ4v) is 4.98. The minimum absolute atomic E-state index is 0.142. The van der Waals surface area contributed by atoms with E-state index in [0.717, 1.165) is 25.9 Å². The highest BCUT2D eigenvalue weighted by Gasteiger charge is 2.47. The van der Waals surface area contributed by atoms with Crippen molar-refractivity contribution >= 4 is 12.0 Å². The van der Waals surface area contributed by atoms with Crippen molar-refractivity contribution in [2.75, 3.05) is 26.2 Å². The molecule has 2 saturated heterocycles. The minimum Gasteiger partial charge on any atom is -0.450 e. The molecule has 1 N–H and O–H groups in total. The second-order valence-corrected chi connectivity index (χ2v) is 8.29. The van der Waals surface area contributed by atoms with Crippen LogP contribution in [0.5, 0.6) is 0 Å². The maximum Gasteiger partial charge on any atom is 0.407 e. The first-order valence-electron chi connectivity index (χ1n) is 9.81. The minimum atomic E-state index is -0.408. The summed E-state index contributed by atoms with van der Waals surface area (Å²) in [5, 5.41) is 2.67. The highest BCUT2D eigenvalue weighted by molar-refractivity contribution is 5.80. The van der Waals surface area contributed by atoms with Crippen LogP contribution < -0.4 is 5.32 Å². The van der Waals surface area contributed by atoms with E-state index in [1.807, 2.05) is 4.90 Å². The smallest absolute Gasteiger partial charge is 0.407 e.